The van der Waals surface area contributed by atoms with Crippen molar-refractivity contribution >= 4 is 5.91 Å². The zero-order valence-corrected chi connectivity index (χ0v) is 22.8. The Kier molecular flexibility index (Phi) is 11.0. The summed E-state index contributed by atoms with van der Waals surface area (Å²) in [6, 6.07) is 9.00. The van der Waals surface area contributed by atoms with Crippen LogP contribution in [0.1, 0.15) is 24.2 Å². The second kappa shape index (κ2) is 14.2. The maximum absolute atomic E-state index is 13.6. The van der Waals surface area contributed by atoms with Gasteiger partial charge in [0.1, 0.15) is 24.3 Å². The van der Waals surface area contributed by atoms with Crippen LogP contribution in [0.2, 0.25) is 0 Å². The van der Waals surface area contributed by atoms with Gasteiger partial charge in [-0.2, -0.15) is 0 Å². The first kappa shape index (κ1) is 29.5. The molecule has 0 aliphatic carbocycles. The SMILES string of the molecule is COc1cc(C(=O)N(CC(C)C)C[C@H]2CN(C[C@H](O)COc3ccc(F)cc3)CCO2)cc(OC)c1OC. The molecule has 1 aliphatic heterocycles. The molecule has 1 amide bonds. The number of methoxy groups -OCH3 is 3. The highest BCUT2D eigenvalue weighted by atomic mass is 19.1. The molecule has 2 aromatic carbocycles. The molecule has 2 aromatic rings. The van der Waals surface area contributed by atoms with Crippen LogP contribution >= 0.6 is 0 Å². The first-order chi connectivity index (χ1) is 18.2. The Morgan fingerprint density at radius 2 is 1.79 bits per heavy atom. The summed E-state index contributed by atoms with van der Waals surface area (Å²) in [5.74, 6) is 1.49. The number of morpholine rings is 1. The van der Waals surface area contributed by atoms with Gasteiger partial charge >= 0.3 is 0 Å². The van der Waals surface area contributed by atoms with Crippen LogP contribution in [0.3, 0.4) is 0 Å². The minimum atomic E-state index is -0.730. The van der Waals surface area contributed by atoms with Gasteiger partial charge in [0.25, 0.3) is 5.91 Å². The fraction of sp³-hybridized carbons (Fsp3) is 0.536. The molecule has 0 bridgehead atoms. The molecule has 9 nitrogen and oxygen atoms in total. The van der Waals surface area contributed by atoms with Gasteiger partial charge in [-0.1, -0.05) is 13.8 Å². The molecule has 0 aromatic heterocycles. The summed E-state index contributed by atoms with van der Waals surface area (Å²) < 4.78 is 40.9. The van der Waals surface area contributed by atoms with Gasteiger partial charge in [-0.25, -0.2) is 4.39 Å². The van der Waals surface area contributed by atoms with Crippen molar-refractivity contribution in [1.29, 1.82) is 0 Å². The van der Waals surface area contributed by atoms with Crippen molar-refractivity contribution in [2.24, 2.45) is 5.92 Å². The van der Waals surface area contributed by atoms with E-state index in [1.807, 2.05) is 0 Å². The van der Waals surface area contributed by atoms with E-state index in [0.717, 1.165) is 0 Å². The lowest BCUT2D eigenvalue weighted by Gasteiger charge is -2.37. The molecular weight excluding hydrogens is 495 g/mol. The summed E-state index contributed by atoms with van der Waals surface area (Å²) in [7, 11) is 4.55. The molecule has 210 valence electrons. The van der Waals surface area contributed by atoms with Crippen molar-refractivity contribution in [1.82, 2.24) is 9.80 Å². The number of hydrogen-bond donors (Lipinski definition) is 1. The minimum Gasteiger partial charge on any atom is -0.493 e. The van der Waals surface area contributed by atoms with E-state index in [2.05, 4.69) is 18.7 Å². The van der Waals surface area contributed by atoms with Gasteiger partial charge in [-0.05, 0) is 42.3 Å². The number of β-amino-alcohol motifs (C(OH)–C–C–N with tert-alkyl or cyclic N) is 1. The fourth-order valence-electron chi connectivity index (χ4n) is 4.44. The Labute approximate surface area is 224 Å². The Morgan fingerprint density at radius 3 is 2.37 bits per heavy atom. The van der Waals surface area contributed by atoms with E-state index >= 15 is 0 Å². The quantitative estimate of drug-likeness (QED) is 0.420. The fourth-order valence-corrected chi connectivity index (χ4v) is 4.44. The number of nitrogens with zero attached hydrogens (tertiary/aromatic N) is 2. The predicted octanol–water partition coefficient (Wildman–Crippen LogP) is 3.09. The summed E-state index contributed by atoms with van der Waals surface area (Å²) in [5, 5.41) is 10.5. The van der Waals surface area contributed by atoms with E-state index < -0.39 is 6.10 Å². The monoisotopic (exact) mass is 534 g/mol. The molecule has 1 aliphatic rings. The van der Waals surface area contributed by atoms with Crippen molar-refractivity contribution in [2.45, 2.75) is 26.1 Å². The van der Waals surface area contributed by atoms with Crippen LogP contribution in [0.25, 0.3) is 0 Å². The highest BCUT2D eigenvalue weighted by Crippen LogP contribution is 2.38. The maximum Gasteiger partial charge on any atom is 0.254 e. The molecule has 2 atom stereocenters. The number of carbonyl (C=O) groups excluding carboxylic acids is 1. The van der Waals surface area contributed by atoms with Crippen molar-refractivity contribution < 1.29 is 38.0 Å². The number of carbonyl (C=O) groups is 1. The van der Waals surface area contributed by atoms with E-state index in [4.69, 9.17) is 23.7 Å². The Balaban J connectivity index is 1.63. The third kappa shape index (κ3) is 8.21. The lowest BCUT2D eigenvalue weighted by molar-refractivity contribution is -0.0542. The van der Waals surface area contributed by atoms with E-state index in [-0.39, 0.29) is 30.4 Å². The number of benzene rings is 2. The van der Waals surface area contributed by atoms with E-state index in [9.17, 15) is 14.3 Å². The number of ether oxygens (including phenoxy) is 5. The van der Waals surface area contributed by atoms with Gasteiger partial charge in [0.05, 0.1) is 34.0 Å². The van der Waals surface area contributed by atoms with Gasteiger partial charge in [0.2, 0.25) is 5.75 Å². The van der Waals surface area contributed by atoms with Crippen LogP contribution in [-0.2, 0) is 4.74 Å². The van der Waals surface area contributed by atoms with E-state index in [0.29, 0.717) is 67.9 Å². The lowest BCUT2D eigenvalue weighted by Crippen LogP contribution is -2.51. The first-order valence-corrected chi connectivity index (χ1v) is 12.7. The van der Waals surface area contributed by atoms with E-state index in [1.54, 1.807) is 17.0 Å². The lowest BCUT2D eigenvalue weighted by atomic mass is 10.1. The van der Waals surface area contributed by atoms with Gasteiger partial charge < -0.3 is 33.7 Å². The Morgan fingerprint density at radius 1 is 1.13 bits per heavy atom. The molecule has 0 radical (unpaired) electrons. The molecule has 3 rings (SSSR count). The third-order valence-corrected chi connectivity index (χ3v) is 6.16. The van der Waals surface area contributed by atoms with Crippen molar-refractivity contribution in [3.8, 4) is 23.0 Å². The Bertz CT molecular complexity index is 1010. The van der Waals surface area contributed by atoms with Crippen LogP contribution < -0.4 is 18.9 Å². The number of halogens is 1. The van der Waals surface area contributed by atoms with E-state index in [1.165, 1.54) is 45.6 Å². The summed E-state index contributed by atoms with van der Waals surface area (Å²) in [5.41, 5.74) is 0.432. The predicted molar refractivity (Wildman–Crippen MR) is 141 cm³/mol. The largest absolute Gasteiger partial charge is 0.493 e. The van der Waals surface area contributed by atoms with Crippen LogP contribution in [0.5, 0.6) is 23.0 Å². The maximum atomic E-state index is 13.6. The number of aliphatic hydroxyl groups is 1. The molecule has 0 spiro atoms. The van der Waals surface area contributed by atoms with Crippen molar-refractivity contribution in [3.63, 3.8) is 0 Å². The van der Waals surface area contributed by atoms with Crippen LogP contribution in [0, 0.1) is 11.7 Å². The number of hydrogen-bond acceptors (Lipinski definition) is 8. The molecule has 1 fully saturated rings. The first-order valence-electron chi connectivity index (χ1n) is 12.7. The third-order valence-electron chi connectivity index (χ3n) is 6.16. The zero-order valence-electron chi connectivity index (χ0n) is 22.8. The van der Waals surface area contributed by atoms with Gasteiger partial charge in [-0.15, -0.1) is 0 Å². The second-order valence-corrected chi connectivity index (χ2v) is 9.69. The van der Waals surface area contributed by atoms with Gasteiger partial charge in [0.15, 0.2) is 11.5 Å². The molecule has 1 heterocycles. The standard InChI is InChI=1S/C28H39FN2O7/c1-19(2)14-31(28(33)20-12-25(34-3)27(36-5)26(13-20)35-4)17-24-16-30(10-11-37-24)15-22(32)18-38-23-8-6-21(29)7-9-23/h6-9,12-13,19,22,24,32H,10-11,14-18H2,1-5H3/t22-,24+/m0/s1. The smallest absolute Gasteiger partial charge is 0.254 e. The van der Waals surface area contributed by atoms with Crippen LogP contribution in [0.15, 0.2) is 36.4 Å². The highest BCUT2D eigenvalue weighted by molar-refractivity contribution is 5.95. The topological polar surface area (TPSA) is 89.9 Å². The summed E-state index contributed by atoms with van der Waals surface area (Å²) >= 11 is 0. The average Bonchev–Trinajstić information content (AvgIpc) is 2.91. The molecule has 1 N–H and O–H groups in total. The average molecular weight is 535 g/mol. The molecular formula is C28H39FN2O7. The number of rotatable bonds is 13. The van der Waals surface area contributed by atoms with Crippen molar-refractivity contribution in [2.75, 3.05) is 67.3 Å². The van der Waals surface area contributed by atoms with Gasteiger partial charge in [0, 0.05) is 38.3 Å². The molecule has 1 saturated heterocycles. The van der Waals surface area contributed by atoms with Crippen LogP contribution in [0.4, 0.5) is 4.39 Å². The summed E-state index contributed by atoms with van der Waals surface area (Å²) in [6.07, 6.45) is -0.954. The normalized spacial score (nSPS) is 16.7. The zero-order chi connectivity index (χ0) is 27.7. The molecule has 0 unspecified atom stereocenters. The highest BCUT2D eigenvalue weighted by Gasteiger charge is 2.28. The number of amides is 1. The molecule has 38 heavy (non-hydrogen) atoms. The molecule has 0 saturated carbocycles. The Hall–Kier alpha value is -3.08. The summed E-state index contributed by atoms with van der Waals surface area (Å²) in [4.78, 5) is 17.5. The second-order valence-electron chi connectivity index (χ2n) is 9.69. The van der Waals surface area contributed by atoms with Crippen LogP contribution in [-0.4, -0.2) is 100 Å². The summed E-state index contributed by atoms with van der Waals surface area (Å²) in [6.45, 7) is 7.25. The van der Waals surface area contributed by atoms with Crippen molar-refractivity contribution in [3.05, 3.63) is 47.8 Å². The number of aliphatic hydroxyl groups excluding tert-OH is 1. The molecule has 10 heteroatoms. The van der Waals surface area contributed by atoms with Gasteiger partial charge in [-0.3, -0.25) is 9.69 Å². The minimum absolute atomic E-state index is 0.0900.